The number of anilines is 1. The number of carbonyl (C=O) groups is 1. The molecule has 1 amide bonds. The molecular formula is C26H21FN4O2S. The molecule has 6 nitrogen and oxygen atoms in total. The number of amides is 1. The maximum absolute atomic E-state index is 14.7. The Hall–Kier alpha value is -3.96. The first-order valence-electron chi connectivity index (χ1n) is 10.7. The van der Waals surface area contributed by atoms with Crippen LogP contribution < -0.4 is 10.5 Å². The van der Waals surface area contributed by atoms with Gasteiger partial charge in [0.2, 0.25) is 5.91 Å². The largest absolute Gasteiger partial charge is 0.310 e. The molecule has 0 saturated carbocycles. The van der Waals surface area contributed by atoms with E-state index in [0.29, 0.717) is 16.6 Å². The van der Waals surface area contributed by atoms with Crippen molar-refractivity contribution < 1.29 is 9.18 Å². The molecule has 0 aliphatic heterocycles. The Bertz CT molecular complexity index is 1430. The smallest absolute Gasteiger partial charge is 0.266 e. The summed E-state index contributed by atoms with van der Waals surface area (Å²) in [7, 11) is 0. The highest BCUT2D eigenvalue weighted by molar-refractivity contribution is 8.00. The maximum atomic E-state index is 14.7. The van der Waals surface area contributed by atoms with Crippen molar-refractivity contribution in [3.8, 4) is 11.8 Å². The Morgan fingerprint density at radius 2 is 1.76 bits per heavy atom. The average Bonchev–Trinajstić information content (AvgIpc) is 2.86. The van der Waals surface area contributed by atoms with Crippen molar-refractivity contribution in [1.29, 1.82) is 5.26 Å². The standard InChI is InChI=1S/C26H21FN4O2S/c1-18(24(32)30(17-9-16-28)19-10-3-2-4-11-19)34-26-29-22-14-7-5-12-20(22)25(33)31(26)23-15-8-6-13-21(23)27/h2-8,10-15,18H,9,17H2,1H3/t18-/m0/s1. The average molecular weight is 473 g/mol. The number of para-hydroxylation sites is 3. The number of nitrogens with zero attached hydrogens (tertiary/aromatic N) is 4. The minimum atomic E-state index is -0.662. The van der Waals surface area contributed by atoms with Crippen molar-refractivity contribution in [3.63, 3.8) is 0 Å². The molecular weight excluding hydrogens is 451 g/mol. The van der Waals surface area contributed by atoms with Gasteiger partial charge in [0.05, 0.1) is 34.3 Å². The third-order valence-corrected chi connectivity index (χ3v) is 6.29. The number of fused-ring (bicyclic) bond motifs is 1. The summed E-state index contributed by atoms with van der Waals surface area (Å²) in [5, 5.41) is 8.97. The first-order chi connectivity index (χ1) is 16.5. The third-order valence-electron chi connectivity index (χ3n) is 5.25. The molecule has 0 aliphatic rings. The van der Waals surface area contributed by atoms with E-state index in [1.54, 1.807) is 60.4 Å². The molecule has 4 rings (SSSR count). The molecule has 0 saturated heterocycles. The second-order valence-corrected chi connectivity index (χ2v) is 8.81. The number of benzene rings is 3. The zero-order chi connectivity index (χ0) is 24.1. The Kier molecular flexibility index (Phi) is 7.04. The third kappa shape index (κ3) is 4.70. The van der Waals surface area contributed by atoms with Crippen molar-refractivity contribution >= 4 is 34.3 Å². The van der Waals surface area contributed by atoms with Crippen LogP contribution in [0.5, 0.6) is 0 Å². The number of aromatic nitrogens is 2. The van der Waals surface area contributed by atoms with Crippen LogP contribution in [0, 0.1) is 17.1 Å². The Labute approximate surface area is 200 Å². The molecule has 0 spiro atoms. The van der Waals surface area contributed by atoms with Crippen molar-refractivity contribution in [1.82, 2.24) is 9.55 Å². The van der Waals surface area contributed by atoms with Crippen LogP contribution in [0.4, 0.5) is 10.1 Å². The second kappa shape index (κ2) is 10.3. The summed E-state index contributed by atoms with van der Waals surface area (Å²) >= 11 is 1.08. The molecule has 1 aromatic heterocycles. The number of rotatable bonds is 7. The lowest BCUT2D eigenvalue weighted by Gasteiger charge is -2.25. The van der Waals surface area contributed by atoms with Crippen LogP contribution in [0.3, 0.4) is 0 Å². The normalized spacial score (nSPS) is 11.7. The summed E-state index contributed by atoms with van der Waals surface area (Å²) in [6.07, 6.45) is 0.173. The molecule has 0 radical (unpaired) electrons. The van der Waals surface area contributed by atoms with Crippen LogP contribution >= 0.6 is 11.8 Å². The lowest BCUT2D eigenvalue weighted by atomic mass is 10.2. The Morgan fingerprint density at radius 3 is 2.50 bits per heavy atom. The van der Waals surface area contributed by atoms with E-state index in [2.05, 4.69) is 11.1 Å². The van der Waals surface area contributed by atoms with Crippen LogP contribution in [0.2, 0.25) is 0 Å². The van der Waals surface area contributed by atoms with Gasteiger partial charge in [0.25, 0.3) is 5.56 Å². The number of hydrogen-bond acceptors (Lipinski definition) is 5. The van der Waals surface area contributed by atoms with Crippen LogP contribution in [0.1, 0.15) is 13.3 Å². The Morgan fingerprint density at radius 1 is 1.09 bits per heavy atom. The highest BCUT2D eigenvalue weighted by Gasteiger charge is 2.26. The minimum absolute atomic E-state index is 0.0669. The predicted molar refractivity (Wildman–Crippen MR) is 132 cm³/mol. The van der Waals surface area contributed by atoms with Gasteiger partial charge in [-0.05, 0) is 43.3 Å². The van der Waals surface area contributed by atoms with Gasteiger partial charge in [0, 0.05) is 12.2 Å². The summed E-state index contributed by atoms with van der Waals surface area (Å²) in [6.45, 7) is 1.94. The van der Waals surface area contributed by atoms with E-state index in [1.165, 1.54) is 16.7 Å². The van der Waals surface area contributed by atoms with E-state index >= 15 is 0 Å². The zero-order valence-corrected chi connectivity index (χ0v) is 19.2. The van der Waals surface area contributed by atoms with Gasteiger partial charge in [-0.2, -0.15) is 5.26 Å². The number of hydrogen-bond donors (Lipinski definition) is 0. The highest BCUT2D eigenvalue weighted by Crippen LogP contribution is 2.28. The molecule has 0 unspecified atom stereocenters. The van der Waals surface area contributed by atoms with Gasteiger partial charge in [-0.15, -0.1) is 0 Å². The van der Waals surface area contributed by atoms with E-state index in [9.17, 15) is 14.0 Å². The van der Waals surface area contributed by atoms with Crippen molar-refractivity contribution in [2.24, 2.45) is 0 Å². The molecule has 0 fully saturated rings. The fourth-order valence-electron chi connectivity index (χ4n) is 3.60. The van der Waals surface area contributed by atoms with Gasteiger partial charge in [-0.3, -0.25) is 14.2 Å². The SMILES string of the molecule is C[C@H](Sc1nc2ccccc2c(=O)n1-c1ccccc1F)C(=O)N(CCC#N)c1ccccc1. The number of halogens is 1. The predicted octanol–water partition coefficient (Wildman–Crippen LogP) is 4.95. The van der Waals surface area contributed by atoms with Gasteiger partial charge in [0.15, 0.2) is 5.16 Å². The number of nitriles is 1. The van der Waals surface area contributed by atoms with E-state index in [1.807, 2.05) is 18.2 Å². The summed E-state index contributed by atoms with van der Waals surface area (Å²) in [6, 6.07) is 24.0. The van der Waals surface area contributed by atoms with E-state index < -0.39 is 16.6 Å². The van der Waals surface area contributed by atoms with E-state index in [0.717, 1.165) is 11.8 Å². The molecule has 0 bridgehead atoms. The molecule has 34 heavy (non-hydrogen) atoms. The zero-order valence-electron chi connectivity index (χ0n) is 18.4. The number of thioether (sulfide) groups is 1. The molecule has 8 heteroatoms. The van der Waals surface area contributed by atoms with Crippen molar-refractivity contribution in [2.45, 2.75) is 23.8 Å². The van der Waals surface area contributed by atoms with Gasteiger partial charge < -0.3 is 4.90 Å². The van der Waals surface area contributed by atoms with Gasteiger partial charge in [-0.1, -0.05) is 54.2 Å². The van der Waals surface area contributed by atoms with E-state index in [-0.39, 0.29) is 29.7 Å². The van der Waals surface area contributed by atoms with Crippen molar-refractivity contribution in [2.75, 3.05) is 11.4 Å². The minimum Gasteiger partial charge on any atom is -0.310 e. The molecule has 1 atom stereocenters. The summed E-state index contributed by atoms with van der Waals surface area (Å²) in [5.41, 5.74) is 0.791. The Balaban J connectivity index is 1.77. The van der Waals surface area contributed by atoms with Crippen LogP contribution in [-0.2, 0) is 4.79 Å². The first kappa shape index (κ1) is 23.2. The van der Waals surface area contributed by atoms with Gasteiger partial charge in [-0.25, -0.2) is 9.37 Å². The quantitative estimate of drug-likeness (QED) is 0.281. The van der Waals surface area contributed by atoms with E-state index in [4.69, 9.17) is 5.26 Å². The fourth-order valence-corrected chi connectivity index (χ4v) is 4.58. The fraction of sp³-hybridized carbons (Fsp3) is 0.154. The maximum Gasteiger partial charge on any atom is 0.266 e. The second-order valence-electron chi connectivity index (χ2n) is 7.50. The van der Waals surface area contributed by atoms with Crippen LogP contribution in [-0.4, -0.2) is 27.3 Å². The van der Waals surface area contributed by atoms with Crippen LogP contribution in [0.25, 0.3) is 16.6 Å². The lowest BCUT2D eigenvalue weighted by molar-refractivity contribution is -0.117. The summed E-state index contributed by atoms with van der Waals surface area (Å²) < 4.78 is 15.9. The molecule has 0 aliphatic carbocycles. The summed E-state index contributed by atoms with van der Waals surface area (Å²) in [4.78, 5) is 32.9. The van der Waals surface area contributed by atoms with Crippen LogP contribution in [0.15, 0.2) is 88.8 Å². The molecule has 0 N–H and O–H groups in total. The molecule has 170 valence electrons. The van der Waals surface area contributed by atoms with Gasteiger partial charge >= 0.3 is 0 Å². The molecule has 3 aromatic carbocycles. The molecule has 4 aromatic rings. The lowest BCUT2D eigenvalue weighted by Crippen LogP contribution is -2.37. The molecule has 1 heterocycles. The summed E-state index contributed by atoms with van der Waals surface area (Å²) in [5.74, 6) is -0.809. The van der Waals surface area contributed by atoms with Gasteiger partial charge in [0.1, 0.15) is 5.82 Å². The topological polar surface area (TPSA) is 79.0 Å². The number of carbonyl (C=O) groups excluding carboxylic acids is 1. The first-order valence-corrected chi connectivity index (χ1v) is 11.6. The monoisotopic (exact) mass is 472 g/mol. The van der Waals surface area contributed by atoms with Crippen molar-refractivity contribution in [3.05, 3.63) is 95.0 Å². The highest BCUT2D eigenvalue weighted by atomic mass is 32.2.